The van der Waals surface area contributed by atoms with Crippen molar-refractivity contribution in [2.24, 2.45) is 5.14 Å². The number of anilines is 1. The number of urea groups is 1. The zero-order valence-electron chi connectivity index (χ0n) is 21.1. The first-order valence-electron chi connectivity index (χ1n) is 12.5. The number of thiazole rings is 1. The lowest BCUT2D eigenvalue weighted by Crippen LogP contribution is -2.38. The standard InChI is InChI=1S/C28H25ClF2N4O3S2/c29-26-25(19-5-13-23(14-6-19)40(32,37)38)33-27(39-26)34-28(36)35(22-11-12-22)16-15-24(17-1-7-20(30)8-2-17)18-3-9-21(31)10-4-18/h1-10,13-14,22,24H,11-12,15-16H2,(H2,32,37,38)(H,33,34,36). The summed E-state index contributed by atoms with van der Waals surface area (Å²) < 4.78 is 50.6. The van der Waals surface area contributed by atoms with E-state index in [1.54, 1.807) is 41.3 Å². The van der Waals surface area contributed by atoms with E-state index < -0.39 is 10.0 Å². The fourth-order valence-electron chi connectivity index (χ4n) is 4.52. The predicted molar refractivity (Wildman–Crippen MR) is 152 cm³/mol. The Kier molecular flexibility index (Phi) is 8.18. The van der Waals surface area contributed by atoms with Gasteiger partial charge in [-0.05, 0) is 66.8 Å². The van der Waals surface area contributed by atoms with Crippen LogP contribution in [0.1, 0.15) is 36.3 Å². The summed E-state index contributed by atoms with van der Waals surface area (Å²) in [5.74, 6) is -0.860. The van der Waals surface area contributed by atoms with Gasteiger partial charge < -0.3 is 4.90 Å². The minimum absolute atomic E-state index is 0.0317. The number of carbonyl (C=O) groups is 1. The maximum absolute atomic E-state index is 13.6. The number of nitrogens with two attached hydrogens (primary N) is 1. The van der Waals surface area contributed by atoms with Crippen LogP contribution in [0.2, 0.25) is 4.34 Å². The van der Waals surface area contributed by atoms with Gasteiger partial charge >= 0.3 is 6.03 Å². The number of nitrogens with one attached hydrogen (secondary N) is 1. The fourth-order valence-corrected chi connectivity index (χ4v) is 6.11. The molecule has 2 amide bonds. The lowest BCUT2D eigenvalue weighted by Gasteiger charge is -2.26. The average molecular weight is 603 g/mol. The Balaban J connectivity index is 1.31. The Bertz CT molecular complexity index is 1560. The highest BCUT2D eigenvalue weighted by Crippen LogP contribution is 2.37. The SMILES string of the molecule is NS(=O)(=O)c1ccc(-c2nc(NC(=O)N(CCC(c3ccc(F)cc3)c3ccc(F)cc3)C3CC3)sc2Cl)cc1. The molecule has 0 bridgehead atoms. The van der Waals surface area contributed by atoms with Gasteiger partial charge in [0.05, 0.1) is 4.90 Å². The molecule has 0 aliphatic heterocycles. The molecule has 1 fully saturated rings. The van der Waals surface area contributed by atoms with Gasteiger partial charge in [0.2, 0.25) is 10.0 Å². The van der Waals surface area contributed by atoms with E-state index in [9.17, 15) is 22.0 Å². The van der Waals surface area contributed by atoms with E-state index in [1.165, 1.54) is 36.4 Å². The minimum Gasteiger partial charge on any atom is -0.321 e. The number of halogens is 3. The van der Waals surface area contributed by atoms with Crippen molar-refractivity contribution in [3.05, 3.63) is 99.9 Å². The monoisotopic (exact) mass is 602 g/mol. The lowest BCUT2D eigenvalue weighted by molar-refractivity contribution is 0.207. The number of rotatable bonds is 9. The van der Waals surface area contributed by atoms with Crippen molar-refractivity contribution in [3.8, 4) is 11.3 Å². The van der Waals surface area contributed by atoms with Gasteiger partial charge in [-0.15, -0.1) is 0 Å². The Morgan fingerprint density at radius 3 is 2.05 bits per heavy atom. The number of hydrogen-bond acceptors (Lipinski definition) is 5. The molecule has 0 atom stereocenters. The van der Waals surface area contributed by atoms with Crippen LogP contribution in [0.4, 0.5) is 18.7 Å². The largest absolute Gasteiger partial charge is 0.323 e. The molecule has 208 valence electrons. The van der Waals surface area contributed by atoms with Gasteiger partial charge in [-0.3, -0.25) is 5.32 Å². The number of amides is 2. The Morgan fingerprint density at radius 1 is 1.00 bits per heavy atom. The summed E-state index contributed by atoms with van der Waals surface area (Å²) in [4.78, 5) is 19.5. The van der Waals surface area contributed by atoms with E-state index in [1.807, 2.05) is 0 Å². The fraction of sp³-hybridized carbons (Fsp3) is 0.214. The van der Waals surface area contributed by atoms with Crippen LogP contribution < -0.4 is 10.5 Å². The third kappa shape index (κ3) is 6.67. The van der Waals surface area contributed by atoms with Gasteiger partial charge in [0.25, 0.3) is 0 Å². The maximum Gasteiger partial charge on any atom is 0.323 e. The topological polar surface area (TPSA) is 105 Å². The Hall–Kier alpha value is -3.38. The minimum atomic E-state index is -3.83. The van der Waals surface area contributed by atoms with Crippen LogP contribution in [-0.2, 0) is 10.0 Å². The average Bonchev–Trinajstić information content (AvgIpc) is 3.69. The number of benzene rings is 3. The van der Waals surface area contributed by atoms with Crippen LogP contribution in [0.3, 0.4) is 0 Å². The molecule has 40 heavy (non-hydrogen) atoms. The van der Waals surface area contributed by atoms with E-state index in [4.69, 9.17) is 16.7 Å². The van der Waals surface area contributed by atoms with E-state index in [0.29, 0.717) is 33.7 Å². The summed E-state index contributed by atoms with van der Waals surface area (Å²) >= 11 is 7.50. The second-order valence-electron chi connectivity index (χ2n) is 9.51. The van der Waals surface area contributed by atoms with E-state index in [-0.39, 0.29) is 34.5 Å². The van der Waals surface area contributed by atoms with Gasteiger partial charge in [0, 0.05) is 24.1 Å². The van der Waals surface area contributed by atoms with E-state index in [2.05, 4.69) is 10.3 Å². The summed E-state index contributed by atoms with van der Waals surface area (Å²) in [6.07, 6.45) is 2.30. The second kappa shape index (κ2) is 11.6. The first-order chi connectivity index (χ1) is 19.1. The zero-order chi connectivity index (χ0) is 28.4. The van der Waals surface area contributed by atoms with Crippen LogP contribution in [-0.4, -0.2) is 36.9 Å². The molecule has 12 heteroatoms. The third-order valence-electron chi connectivity index (χ3n) is 6.71. The Labute approximate surface area is 239 Å². The molecule has 1 saturated carbocycles. The van der Waals surface area contributed by atoms with Gasteiger partial charge in [0.15, 0.2) is 5.13 Å². The molecule has 1 aromatic heterocycles. The molecule has 1 aliphatic carbocycles. The highest BCUT2D eigenvalue weighted by atomic mass is 35.5. The number of carbonyl (C=O) groups excluding carboxylic acids is 1. The molecule has 0 saturated heterocycles. The number of primary sulfonamides is 1. The van der Waals surface area contributed by atoms with Crippen LogP contribution in [0.25, 0.3) is 11.3 Å². The number of aromatic nitrogens is 1. The normalized spacial score (nSPS) is 13.4. The molecule has 0 spiro atoms. The van der Waals surface area contributed by atoms with Gasteiger partial charge in [0.1, 0.15) is 21.7 Å². The van der Waals surface area contributed by atoms with Gasteiger partial charge in [-0.25, -0.2) is 32.1 Å². The van der Waals surface area contributed by atoms with Gasteiger partial charge in [-0.1, -0.05) is 59.3 Å². The lowest BCUT2D eigenvalue weighted by atomic mass is 9.88. The molecule has 0 radical (unpaired) electrons. The quantitative estimate of drug-likeness (QED) is 0.225. The molecular weight excluding hydrogens is 578 g/mol. The van der Waals surface area contributed by atoms with Crippen molar-refractivity contribution in [3.63, 3.8) is 0 Å². The highest BCUT2D eigenvalue weighted by Gasteiger charge is 2.33. The van der Waals surface area contributed by atoms with Gasteiger partial charge in [-0.2, -0.15) is 0 Å². The van der Waals surface area contributed by atoms with Crippen molar-refractivity contribution in [2.75, 3.05) is 11.9 Å². The summed E-state index contributed by atoms with van der Waals surface area (Å²) in [5.41, 5.74) is 2.73. The summed E-state index contributed by atoms with van der Waals surface area (Å²) in [6, 6.07) is 18.0. The molecule has 5 rings (SSSR count). The van der Waals surface area contributed by atoms with Crippen LogP contribution in [0.15, 0.2) is 77.7 Å². The molecule has 0 unspecified atom stereocenters. The van der Waals surface area contributed by atoms with Crippen molar-refractivity contribution in [1.29, 1.82) is 0 Å². The molecule has 4 aromatic rings. The summed E-state index contributed by atoms with van der Waals surface area (Å²) in [6.45, 7) is 0.414. The first-order valence-corrected chi connectivity index (χ1v) is 15.2. The van der Waals surface area contributed by atoms with Crippen LogP contribution in [0.5, 0.6) is 0 Å². The molecule has 1 aliphatic rings. The van der Waals surface area contributed by atoms with Crippen LogP contribution in [0, 0.1) is 11.6 Å². The predicted octanol–water partition coefficient (Wildman–Crippen LogP) is 6.61. The number of hydrogen-bond donors (Lipinski definition) is 2. The first kappa shape index (κ1) is 28.2. The number of nitrogens with zero attached hydrogens (tertiary/aromatic N) is 2. The summed E-state index contributed by atoms with van der Waals surface area (Å²) in [7, 11) is -3.83. The maximum atomic E-state index is 13.6. The molecule has 3 aromatic carbocycles. The van der Waals surface area contributed by atoms with Crippen molar-refractivity contribution in [2.45, 2.75) is 36.1 Å². The number of sulfonamides is 1. The van der Waals surface area contributed by atoms with Crippen molar-refractivity contribution in [1.82, 2.24) is 9.88 Å². The van der Waals surface area contributed by atoms with Crippen LogP contribution >= 0.6 is 22.9 Å². The van der Waals surface area contributed by atoms with Crippen molar-refractivity contribution >= 4 is 44.1 Å². The molecular formula is C28H25ClF2N4O3S2. The highest BCUT2D eigenvalue weighted by molar-refractivity contribution is 7.89. The smallest absolute Gasteiger partial charge is 0.321 e. The molecule has 1 heterocycles. The molecule has 7 nitrogen and oxygen atoms in total. The zero-order valence-corrected chi connectivity index (χ0v) is 23.4. The van der Waals surface area contributed by atoms with E-state index >= 15 is 0 Å². The summed E-state index contributed by atoms with van der Waals surface area (Å²) in [5, 5.41) is 8.31. The van der Waals surface area contributed by atoms with E-state index in [0.717, 1.165) is 35.3 Å². The van der Waals surface area contributed by atoms with Crippen molar-refractivity contribution < 1.29 is 22.0 Å². The Morgan fingerprint density at radius 2 is 1.55 bits per heavy atom. The second-order valence-corrected chi connectivity index (χ2v) is 12.7. The third-order valence-corrected chi connectivity index (χ3v) is 8.81. The molecule has 3 N–H and O–H groups in total.